The van der Waals surface area contributed by atoms with E-state index in [1.54, 1.807) is 0 Å². The Kier molecular flexibility index (Phi) is 4.71. The Morgan fingerprint density at radius 1 is 1.22 bits per heavy atom. The summed E-state index contributed by atoms with van der Waals surface area (Å²) < 4.78 is 0. The van der Waals surface area contributed by atoms with Gasteiger partial charge in [-0.2, -0.15) is 0 Å². The first kappa shape index (κ1) is 14.3. The highest BCUT2D eigenvalue weighted by Crippen LogP contribution is 2.52. The fraction of sp³-hybridized carbons (Fsp3) is 1.00. The Bertz CT molecular complexity index is 256. The monoisotopic (exact) mass is 252 g/mol. The van der Waals surface area contributed by atoms with E-state index in [9.17, 15) is 0 Å². The van der Waals surface area contributed by atoms with Crippen molar-refractivity contribution in [3.63, 3.8) is 0 Å². The third-order valence-electron chi connectivity index (χ3n) is 5.01. The Morgan fingerprint density at radius 3 is 2.50 bits per heavy atom. The quantitative estimate of drug-likeness (QED) is 0.749. The molecular weight excluding hydrogens is 220 g/mol. The fourth-order valence-electron chi connectivity index (χ4n) is 3.32. The Balaban J connectivity index is 1.66. The molecule has 1 saturated carbocycles. The lowest BCUT2D eigenvalue weighted by atomic mass is 9.92. The Hall–Kier alpha value is -0.0800. The highest BCUT2D eigenvalue weighted by atomic mass is 15.2. The maximum absolute atomic E-state index is 3.62. The predicted octanol–water partition coefficient (Wildman–Crippen LogP) is 2.99. The van der Waals surface area contributed by atoms with Crippen LogP contribution in [0, 0.1) is 23.2 Å². The van der Waals surface area contributed by atoms with Gasteiger partial charge in [0.25, 0.3) is 0 Å². The molecule has 18 heavy (non-hydrogen) atoms. The highest BCUT2D eigenvalue weighted by Gasteiger charge is 2.46. The molecule has 1 aliphatic heterocycles. The lowest BCUT2D eigenvalue weighted by Gasteiger charge is -2.26. The largest absolute Gasteiger partial charge is 0.316 e. The molecular formula is C16H32N2. The van der Waals surface area contributed by atoms with Crippen LogP contribution in [0.4, 0.5) is 0 Å². The minimum absolute atomic E-state index is 0.695. The molecule has 1 heterocycles. The van der Waals surface area contributed by atoms with Gasteiger partial charge in [0.05, 0.1) is 0 Å². The number of hydrogen-bond acceptors (Lipinski definition) is 2. The van der Waals surface area contributed by atoms with Crippen molar-refractivity contribution in [2.75, 3.05) is 32.7 Å². The molecule has 2 nitrogen and oxygen atoms in total. The van der Waals surface area contributed by atoms with Gasteiger partial charge in [0, 0.05) is 13.1 Å². The minimum Gasteiger partial charge on any atom is -0.316 e. The molecule has 1 atom stereocenters. The Labute approximate surface area is 114 Å². The molecule has 2 heteroatoms. The van der Waals surface area contributed by atoms with Gasteiger partial charge >= 0.3 is 0 Å². The van der Waals surface area contributed by atoms with Crippen LogP contribution in [-0.2, 0) is 0 Å². The van der Waals surface area contributed by atoms with Crippen molar-refractivity contribution in [2.45, 2.75) is 47.0 Å². The SMILES string of the molecule is CC(C)CNCC1CCN(CC2(C(C)C)CC2)C1. The highest BCUT2D eigenvalue weighted by molar-refractivity contribution is 4.98. The first-order valence-corrected chi connectivity index (χ1v) is 7.95. The lowest BCUT2D eigenvalue weighted by molar-refractivity contribution is 0.212. The van der Waals surface area contributed by atoms with E-state index in [1.165, 1.54) is 52.0 Å². The van der Waals surface area contributed by atoms with Crippen molar-refractivity contribution >= 4 is 0 Å². The summed E-state index contributed by atoms with van der Waals surface area (Å²) in [4.78, 5) is 2.73. The van der Waals surface area contributed by atoms with Gasteiger partial charge in [-0.3, -0.25) is 0 Å². The van der Waals surface area contributed by atoms with Gasteiger partial charge in [-0.15, -0.1) is 0 Å². The molecule has 0 aromatic carbocycles. The van der Waals surface area contributed by atoms with Crippen LogP contribution in [0.1, 0.15) is 47.0 Å². The van der Waals surface area contributed by atoms with E-state index in [-0.39, 0.29) is 0 Å². The van der Waals surface area contributed by atoms with Crippen molar-refractivity contribution in [3.8, 4) is 0 Å². The number of likely N-dealkylation sites (tertiary alicyclic amines) is 1. The van der Waals surface area contributed by atoms with Crippen LogP contribution in [0.2, 0.25) is 0 Å². The second kappa shape index (κ2) is 5.92. The molecule has 0 bridgehead atoms. The molecule has 0 aromatic rings. The van der Waals surface area contributed by atoms with Crippen LogP contribution in [0.25, 0.3) is 0 Å². The molecule has 1 N–H and O–H groups in total. The molecule has 0 aromatic heterocycles. The second-order valence-electron chi connectivity index (χ2n) is 7.46. The molecule has 0 radical (unpaired) electrons. The maximum Gasteiger partial charge on any atom is 0.00406 e. The van der Waals surface area contributed by atoms with Crippen molar-refractivity contribution in [2.24, 2.45) is 23.2 Å². The van der Waals surface area contributed by atoms with E-state index >= 15 is 0 Å². The van der Waals surface area contributed by atoms with E-state index in [2.05, 4.69) is 37.9 Å². The number of rotatable bonds is 7. The number of hydrogen-bond donors (Lipinski definition) is 1. The van der Waals surface area contributed by atoms with E-state index in [0.29, 0.717) is 5.41 Å². The van der Waals surface area contributed by atoms with E-state index in [0.717, 1.165) is 17.8 Å². The van der Waals surface area contributed by atoms with Crippen molar-refractivity contribution in [3.05, 3.63) is 0 Å². The lowest BCUT2D eigenvalue weighted by Crippen LogP contribution is -2.33. The number of nitrogens with one attached hydrogen (secondary N) is 1. The number of nitrogens with zero attached hydrogens (tertiary/aromatic N) is 1. The summed E-state index contributed by atoms with van der Waals surface area (Å²) in [7, 11) is 0. The standard InChI is InChI=1S/C16H32N2/c1-13(2)9-17-10-15-5-8-18(11-15)12-16(6-7-16)14(3)4/h13-15,17H,5-12H2,1-4H3. The average Bonchev–Trinajstić information content (AvgIpc) is 2.93. The van der Waals surface area contributed by atoms with Crippen molar-refractivity contribution in [1.82, 2.24) is 10.2 Å². The van der Waals surface area contributed by atoms with E-state index < -0.39 is 0 Å². The van der Waals surface area contributed by atoms with Crippen LogP contribution in [0.15, 0.2) is 0 Å². The molecule has 1 saturated heterocycles. The first-order chi connectivity index (χ1) is 8.52. The molecule has 2 aliphatic rings. The summed E-state index contributed by atoms with van der Waals surface area (Å²) in [5, 5.41) is 3.62. The Morgan fingerprint density at radius 2 is 1.94 bits per heavy atom. The minimum atomic E-state index is 0.695. The van der Waals surface area contributed by atoms with Gasteiger partial charge in [0.1, 0.15) is 0 Å². The van der Waals surface area contributed by atoms with Crippen LogP contribution >= 0.6 is 0 Å². The molecule has 2 rings (SSSR count). The predicted molar refractivity (Wildman–Crippen MR) is 78.8 cm³/mol. The van der Waals surface area contributed by atoms with Gasteiger partial charge in [-0.05, 0) is 62.1 Å². The maximum atomic E-state index is 3.62. The van der Waals surface area contributed by atoms with Gasteiger partial charge in [-0.25, -0.2) is 0 Å². The normalized spacial score (nSPS) is 27.3. The molecule has 0 spiro atoms. The third kappa shape index (κ3) is 3.71. The van der Waals surface area contributed by atoms with Gasteiger partial charge < -0.3 is 10.2 Å². The molecule has 0 amide bonds. The summed E-state index contributed by atoms with van der Waals surface area (Å²) in [6.07, 6.45) is 4.34. The zero-order valence-corrected chi connectivity index (χ0v) is 12.8. The van der Waals surface area contributed by atoms with Crippen LogP contribution < -0.4 is 5.32 Å². The summed E-state index contributed by atoms with van der Waals surface area (Å²) in [6, 6.07) is 0. The van der Waals surface area contributed by atoms with Gasteiger partial charge in [0.15, 0.2) is 0 Å². The average molecular weight is 252 g/mol. The second-order valence-corrected chi connectivity index (χ2v) is 7.46. The molecule has 2 fully saturated rings. The zero-order chi connectivity index (χ0) is 13.2. The van der Waals surface area contributed by atoms with Crippen LogP contribution in [0.3, 0.4) is 0 Å². The summed E-state index contributed by atoms with van der Waals surface area (Å²) >= 11 is 0. The topological polar surface area (TPSA) is 15.3 Å². The molecule has 106 valence electrons. The summed E-state index contributed by atoms with van der Waals surface area (Å²) in [5.74, 6) is 2.54. The smallest absolute Gasteiger partial charge is 0.00406 e. The summed E-state index contributed by atoms with van der Waals surface area (Å²) in [5.41, 5.74) is 0.695. The molecule has 1 unspecified atom stereocenters. The van der Waals surface area contributed by atoms with Gasteiger partial charge in [-0.1, -0.05) is 27.7 Å². The van der Waals surface area contributed by atoms with Crippen molar-refractivity contribution < 1.29 is 0 Å². The van der Waals surface area contributed by atoms with Crippen LogP contribution in [-0.4, -0.2) is 37.6 Å². The van der Waals surface area contributed by atoms with Crippen LogP contribution in [0.5, 0.6) is 0 Å². The first-order valence-electron chi connectivity index (χ1n) is 7.95. The summed E-state index contributed by atoms with van der Waals surface area (Å²) in [6.45, 7) is 15.8. The fourth-order valence-corrected chi connectivity index (χ4v) is 3.32. The van der Waals surface area contributed by atoms with Crippen molar-refractivity contribution in [1.29, 1.82) is 0 Å². The van der Waals surface area contributed by atoms with E-state index in [1.807, 2.05) is 0 Å². The van der Waals surface area contributed by atoms with Gasteiger partial charge in [0.2, 0.25) is 0 Å². The zero-order valence-electron chi connectivity index (χ0n) is 12.8. The van der Waals surface area contributed by atoms with E-state index in [4.69, 9.17) is 0 Å². The molecule has 1 aliphatic carbocycles. The third-order valence-corrected chi connectivity index (χ3v) is 5.01.